The minimum atomic E-state index is -5.14. The fraction of sp³-hybridized carbons (Fsp3) is 0.423. The number of ether oxygens (including phenoxy) is 2. The third kappa shape index (κ3) is 7.18. The highest BCUT2D eigenvalue weighted by Crippen LogP contribution is 2.37. The summed E-state index contributed by atoms with van der Waals surface area (Å²) in [7, 11) is -3.65. The summed E-state index contributed by atoms with van der Waals surface area (Å²) in [6.45, 7) is 3.15. The summed E-state index contributed by atoms with van der Waals surface area (Å²) in [6.07, 6.45) is 1.87. The standard InChI is InChI=1S/C25H30FN2O8P.CH3/c1-17(29)19-4-7-22(24(14-19)33-2)34-13-3-10-28(16-35-37(30,31)32)11-8-18(9-12-28)25-21-6-5-20(26)15-23(21)36-27-25;/h4-7,14-15,18H,3,8-13,16H2,1-2H3,(H-,30,31,32);1H3/q;-1/p-1. The van der Waals surface area contributed by atoms with Crippen molar-refractivity contribution in [1.29, 1.82) is 0 Å². The fourth-order valence-electron chi connectivity index (χ4n) is 4.81. The summed E-state index contributed by atoms with van der Waals surface area (Å²) in [6, 6.07) is 9.26. The number of carbonyl (C=O) groups is 1. The average molecular weight is 551 g/mol. The predicted octanol–water partition coefficient (Wildman–Crippen LogP) is 3.59. The number of aromatic nitrogens is 1. The van der Waals surface area contributed by atoms with Crippen molar-refractivity contribution in [3.8, 4) is 11.5 Å². The van der Waals surface area contributed by atoms with Gasteiger partial charge < -0.3 is 44.8 Å². The smallest absolute Gasteiger partial charge is 0.187 e. The molecule has 0 aliphatic carbocycles. The van der Waals surface area contributed by atoms with Gasteiger partial charge in [-0.05, 0) is 37.3 Å². The van der Waals surface area contributed by atoms with Gasteiger partial charge >= 0.3 is 0 Å². The van der Waals surface area contributed by atoms with Crippen LogP contribution in [0.2, 0.25) is 0 Å². The summed E-state index contributed by atoms with van der Waals surface area (Å²) in [5.41, 5.74) is 1.64. The molecule has 0 radical (unpaired) electrons. The van der Waals surface area contributed by atoms with E-state index in [1.807, 2.05) is 0 Å². The number of likely N-dealkylation sites (tertiary alicyclic amines) is 1. The number of hydrogen-bond donors (Lipinski definition) is 0. The van der Waals surface area contributed by atoms with Crippen LogP contribution in [0, 0.1) is 13.2 Å². The zero-order chi connectivity index (χ0) is 26.6. The lowest BCUT2D eigenvalue weighted by Gasteiger charge is -2.45. The van der Waals surface area contributed by atoms with E-state index in [4.69, 9.17) is 18.5 Å². The Kier molecular flexibility index (Phi) is 9.67. The van der Waals surface area contributed by atoms with E-state index in [9.17, 15) is 23.5 Å². The minimum Gasteiger partial charge on any atom is -0.790 e. The van der Waals surface area contributed by atoms with E-state index in [-0.39, 0.29) is 30.3 Å². The van der Waals surface area contributed by atoms with Crippen LogP contribution in [0.4, 0.5) is 4.39 Å². The van der Waals surface area contributed by atoms with Crippen LogP contribution in [-0.4, -0.2) is 55.5 Å². The summed E-state index contributed by atoms with van der Waals surface area (Å²) < 4.78 is 46.2. The lowest BCUT2D eigenvalue weighted by molar-refractivity contribution is -0.948. The Morgan fingerprint density at radius 2 is 1.92 bits per heavy atom. The van der Waals surface area contributed by atoms with Gasteiger partial charge in [-0.2, -0.15) is 0 Å². The third-order valence-electron chi connectivity index (χ3n) is 6.85. The van der Waals surface area contributed by atoms with E-state index in [1.54, 1.807) is 24.3 Å². The maximum atomic E-state index is 13.5. The molecule has 1 fully saturated rings. The first-order chi connectivity index (χ1) is 17.6. The Bertz CT molecular complexity index is 1300. The molecule has 4 rings (SSSR count). The number of nitrogens with zero attached hydrogens (tertiary/aromatic N) is 2. The van der Waals surface area contributed by atoms with Crippen LogP contribution in [-0.2, 0) is 9.09 Å². The molecule has 1 aliphatic heterocycles. The molecular formula is C26H32FN2O8P-2. The Labute approximate surface area is 221 Å². The van der Waals surface area contributed by atoms with Gasteiger partial charge in [-0.3, -0.25) is 4.79 Å². The number of carbonyl (C=O) groups excluding carboxylic acids is 1. The molecule has 1 saturated heterocycles. The first-order valence-electron chi connectivity index (χ1n) is 12.0. The van der Waals surface area contributed by atoms with Crippen LogP contribution >= 0.6 is 7.82 Å². The van der Waals surface area contributed by atoms with Crippen molar-refractivity contribution in [3.05, 3.63) is 60.9 Å². The molecule has 0 bridgehead atoms. The zero-order valence-electron chi connectivity index (χ0n) is 21.7. The van der Waals surface area contributed by atoms with Gasteiger partial charge in [0.15, 0.2) is 29.6 Å². The van der Waals surface area contributed by atoms with Gasteiger partial charge in [0.2, 0.25) is 0 Å². The van der Waals surface area contributed by atoms with Gasteiger partial charge in [0, 0.05) is 42.2 Å². The maximum absolute atomic E-state index is 13.5. The van der Waals surface area contributed by atoms with Gasteiger partial charge in [-0.15, -0.1) is 0 Å². The summed E-state index contributed by atoms with van der Waals surface area (Å²) in [5.74, 6) is 0.496. The molecule has 10 nitrogen and oxygen atoms in total. The number of hydrogen-bond acceptors (Lipinski definition) is 9. The number of phosphoric acid groups is 1. The maximum Gasteiger partial charge on any atom is 0.187 e. The second-order valence-corrected chi connectivity index (χ2v) is 10.5. The monoisotopic (exact) mass is 550 g/mol. The third-order valence-corrected chi connectivity index (χ3v) is 7.28. The lowest BCUT2D eigenvalue weighted by Crippen LogP contribution is -2.55. The fourth-order valence-corrected chi connectivity index (χ4v) is 5.20. The first kappa shape index (κ1) is 29.7. The largest absolute Gasteiger partial charge is 0.790 e. The number of quaternary nitrogens is 1. The predicted molar refractivity (Wildman–Crippen MR) is 134 cm³/mol. The average Bonchev–Trinajstić information content (AvgIpc) is 3.28. The molecule has 1 aliphatic rings. The normalized spacial score (nSPS) is 19.7. The Hall–Kier alpha value is -2.82. The van der Waals surface area contributed by atoms with Gasteiger partial charge in [-0.1, -0.05) is 5.16 Å². The summed E-state index contributed by atoms with van der Waals surface area (Å²) in [5, 5.41) is 4.91. The Morgan fingerprint density at radius 3 is 2.58 bits per heavy atom. The summed E-state index contributed by atoms with van der Waals surface area (Å²) in [4.78, 5) is 34.1. The molecule has 2 heterocycles. The SMILES string of the molecule is COc1cc(C(C)=O)ccc1OCCC[N+]1(COP(=O)([O-])[O-])CCC(c2noc3cc(F)ccc23)CC1.[CH3-]. The molecule has 0 unspecified atom stereocenters. The van der Waals surface area contributed by atoms with Crippen molar-refractivity contribution < 1.29 is 46.5 Å². The molecular weight excluding hydrogens is 518 g/mol. The number of methoxy groups -OCH3 is 1. The second-order valence-electron chi connectivity index (χ2n) is 9.32. The Morgan fingerprint density at radius 1 is 1.18 bits per heavy atom. The molecule has 0 N–H and O–H groups in total. The first-order valence-corrected chi connectivity index (χ1v) is 13.4. The lowest BCUT2D eigenvalue weighted by atomic mass is 9.90. The van der Waals surface area contributed by atoms with E-state index in [2.05, 4.69) is 5.16 Å². The van der Waals surface area contributed by atoms with E-state index >= 15 is 0 Å². The molecule has 208 valence electrons. The molecule has 0 saturated carbocycles. The number of fused-ring (bicyclic) bond motifs is 1. The molecule has 0 atom stereocenters. The second kappa shape index (κ2) is 12.4. The van der Waals surface area contributed by atoms with E-state index in [0.717, 1.165) is 11.1 Å². The number of benzene rings is 2. The van der Waals surface area contributed by atoms with Gasteiger partial charge in [0.25, 0.3) is 0 Å². The highest BCUT2D eigenvalue weighted by molar-refractivity contribution is 7.43. The number of halogens is 1. The van der Waals surface area contributed by atoms with E-state index in [1.165, 1.54) is 26.2 Å². The molecule has 3 aromatic rings. The van der Waals surface area contributed by atoms with E-state index < -0.39 is 13.6 Å². The number of rotatable bonds is 11. The van der Waals surface area contributed by atoms with Crippen LogP contribution in [0.3, 0.4) is 0 Å². The number of phosphoric ester groups is 1. The van der Waals surface area contributed by atoms with Gasteiger partial charge in [0.05, 0.1) is 46.9 Å². The highest BCUT2D eigenvalue weighted by atomic mass is 31.2. The van der Waals surface area contributed by atoms with Crippen molar-refractivity contribution in [1.82, 2.24) is 5.16 Å². The molecule has 2 aromatic carbocycles. The molecule has 1 aromatic heterocycles. The van der Waals surface area contributed by atoms with Crippen LogP contribution < -0.4 is 19.3 Å². The van der Waals surface area contributed by atoms with Crippen molar-refractivity contribution in [2.24, 2.45) is 0 Å². The van der Waals surface area contributed by atoms with Crippen molar-refractivity contribution in [2.75, 3.05) is 40.1 Å². The number of piperidine rings is 1. The van der Waals surface area contributed by atoms with Crippen molar-refractivity contribution in [2.45, 2.75) is 32.1 Å². The molecule has 12 heteroatoms. The molecule has 38 heavy (non-hydrogen) atoms. The van der Waals surface area contributed by atoms with Crippen molar-refractivity contribution in [3.63, 3.8) is 0 Å². The molecule has 0 spiro atoms. The number of ketones is 1. The van der Waals surface area contributed by atoms with Crippen LogP contribution in [0.5, 0.6) is 11.5 Å². The van der Waals surface area contributed by atoms with Gasteiger partial charge in [0.1, 0.15) is 5.82 Å². The quantitative estimate of drug-likeness (QED) is 0.115. The van der Waals surface area contributed by atoms with Crippen LogP contribution in [0.1, 0.15) is 48.2 Å². The summed E-state index contributed by atoms with van der Waals surface area (Å²) >= 11 is 0. The van der Waals surface area contributed by atoms with Crippen LogP contribution in [0.25, 0.3) is 11.0 Å². The van der Waals surface area contributed by atoms with Crippen LogP contribution in [0.15, 0.2) is 40.9 Å². The minimum absolute atomic E-state index is 0. The highest BCUT2D eigenvalue weighted by Gasteiger charge is 2.36. The number of Topliss-reactive ketones (excluding diaryl/α,β-unsaturated/α-hetero) is 1. The van der Waals surface area contributed by atoms with Gasteiger partial charge in [-0.25, -0.2) is 4.39 Å². The zero-order valence-corrected chi connectivity index (χ0v) is 22.6. The van der Waals surface area contributed by atoms with E-state index in [0.29, 0.717) is 68.1 Å². The Balaban J connectivity index is 0.00000400. The van der Waals surface area contributed by atoms with Crippen molar-refractivity contribution >= 4 is 24.6 Å². The molecule has 0 amide bonds. The topological polar surface area (TPSA) is 134 Å².